The minimum atomic E-state index is 0.334. The van der Waals surface area contributed by atoms with Gasteiger partial charge in [-0.15, -0.1) is 0 Å². The van der Waals surface area contributed by atoms with Gasteiger partial charge in [-0.1, -0.05) is 17.7 Å². The first-order valence-electron chi connectivity index (χ1n) is 7.50. The van der Waals surface area contributed by atoms with Gasteiger partial charge < -0.3 is 15.5 Å². The van der Waals surface area contributed by atoms with Crippen molar-refractivity contribution >= 4 is 23.4 Å². The highest BCUT2D eigenvalue weighted by Crippen LogP contribution is 2.41. The Hall–Kier alpha value is -1.85. The van der Waals surface area contributed by atoms with Gasteiger partial charge >= 0.3 is 0 Å². The Morgan fingerprint density at radius 1 is 1.14 bits per heavy atom. The summed E-state index contributed by atoms with van der Waals surface area (Å²) < 4.78 is 0. The molecule has 114 valence electrons. The highest BCUT2D eigenvalue weighted by atomic mass is 35.5. The molecule has 0 unspecified atom stereocenters. The first kappa shape index (κ1) is 13.8. The summed E-state index contributed by atoms with van der Waals surface area (Å²) >= 11 is 6.14. The van der Waals surface area contributed by atoms with E-state index in [4.69, 9.17) is 17.3 Å². The van der Waals surface area contributed by atoms with Crippen LogP contribution in [0.2, 0.25) is 5.02 Å². The minimum absolute atomic E-state index is 0.334. The number of aromatic nitrogens is 2. The van der Waals surface area contributed by atoms with Gasteiger partial charge in [0.05, 0.1) is 5.69 Å². The molecular formula is C16H18ClN5. The normalized spacial score (nSPS) is 17.5. The summed E-state index contributed by atoms with van der Waals surface area (Å²) in [4.78, 5) is 13.7. The van der Waals surface area contributed by atoms with Crippen LogP contribution < -0.4 is 10.6 Å². The van der Waals surface area contributed by atoms with Crippen LogP contribution in [0.1, 0.15) is 11.1 Å². The second-order valence-electron chi connectivity index (χ2n) is 6.00. The topological polar surface area (TPSA) is 58.3 Å². The van der Waals surface area contributed by atoms with Gasteiger partial charge in [0, 0.05) is 48.7 Å². The highest BCUT2D eigenvalue weighted by Gasteiger charge is 2.28. The second-order valence-corrected chi connectivity index (χ2v) is 6.44. The fourth-order valence-corrected chi connectivity index (χ4v) is 3.44. The first-order valence-corrected chi connectivity index (χ1v) is 7.88. The molecule has 4 rings (SSSR count). The monoisotopic (exact) mass is 315 g/mol. The molecule has 0 amide bonds. The van der Waals surface area contributed by atoms with E-state index in [0.717, 1.165) is 54.7 Å². The van der Waals surface area contributed by atoms with E-state index >= 15 is 0 Å². The maximum Gasteiger partial charge on any atom is 0.222 e. The quantitative estimate of drug-likeness (QED) is 0.744. The number of hydrogen-bond donors (Lipinski definition) is 1. The average Bonchev–Trinajstić information content (AvgIpc) is 2.85. The number of anilines is 2. The van der Waals surface area contributed by atoms with Crippen LogP contribution in [0, 0.1) is 0 Å². The summed E-state index contributed by atoms with van der Waals surface area (Å²) in [7, 11) is 2.15. The molecule has 1 saturated heterocycles. The van der Waals surface area contributed by atoms with Crippen LogP contribution in [-0.2, 0) is 6.42 Å². The zero-order chi connectivity index (χ0) is 15.3. The second kappa shape index (κ2) is 5.11. The summed E-state index contributed by atoms with van der Waals surface area (Å²) in [5.74, 6) is 1.32. The molecule has 0 atom stereocenters. The Morgan fingerprint density at radius 2 is 1.91 bits per heavy atom. The van der Waals surface area contributed by atoms with Gasteiger partial charge in [0.15, 0.2) is 0 Å². The molecule has 0 bridgehead atoms. The van der Waals surface area contributed by atoms with E-state index < -0.39 is 0 Å². The van der Waals surface area contributed by atoms with Crippen LogP contribution in [-0.4, -0.2) is 48.1 Å². The van der Waals surface area contributed by atoms with Gasteiger partial charge in [-0.05, 0) is 24.7 Å². The van der Waals surface area contributed by atoms with E-state index in [0.29, 0.717) is 5.95 Å². The predicted octanol–water partition coefficient (Wildman–Crippen LogP) is 2.04. The predicted molar refractivity (Wildman–Crippen MR) is 89.4 cm³/mol. The lowest BCUT2D eigenvalue weighted by molar-refractivity contribution is 0.312. The van der Waals surface area contributed by atoms with Crippen molar-refractivity contribution < 1.29 is 0 Å². The third kappa shape index (κ3) is 2.21. The van der Waals surface area contributed by atoms with Crippen molar-refractivity contribution in [2.75, 3.05) is 43.9 Å². The van der Waals surface area contributed by atoms with Crippen LogP contribution >= 0.6 is 11.6 Å². The first-order chi connectivity index (χ1) is 10.6. The summed E-state index contributed by atoms with van der Waals surface area (Å²) in [5.41, 5.74) is 10.4. The van der Waals surface area contributed by atoms with Gasteiger partial charge in [0.1, 0.15) is 5.82 Å². The number of nitrogen functional groups attached to an aromatic ring is 1. The molecule has 0 spiro atoms. The van der Waals surface area contributed by atoms with Gasteiger partial charge in [-0.25, -0.2) is 4.98 Å². The largest absolute Gasteiger partial charge is 0.368 e. The number of nitrogens with zero attached hydrogens (tertiary/aromatic N) is 4. The Balaban J connectivity index is 1.80. The number of fused-ring (bicyclic) bond motifs is 3. The fourth-order valence-electron chi connectivity index (χ4n) is 3.27. The maximum absolute atomic E-state index is 6.14. The molecule has 2 heterocycles. The fraction of sp³-hybridized carbons (Fsp3) is 0.375. The molecule has 1 aliphatic carbocycles. The molecule has 2 aliphatic rings. The van der Waals surface area contributed by atoms with Crippen LogP contribution in [0.25, 0.3) is 11.3 Å². The van der Waals surface area contributed by atoms with E-state index in [1.54, 1.807) is 0 Å². The highest BCUT2D eigenvalue weighted by molar-refractivity contribution is 6.31. The van der Waals surface area contributed by atoms with E-state index in [2.05, 4.69) is 32.9 Å². The number of halogens is 1. The maximum atomic E-state index is 6.14. The average molecular weight is 316 g/mol. The molecule has 5 nitrogen and oxygen atoms in total. The molecule has 6 heteroatoms. The van der Waals surface area contributed by atoms with Crippen molar-refractivity contribution in [1.29, 1.82) is 0 Å². The zero-order valence-corrected chi connectivity index (χ0v) is 13.3. The van der Waals surface area contributed by atoms with Crippen molar-refractivity contribution in [2.24, 2.45) is 0 Å². The van der Waals surface area contributed by atoms with E-state index in [9.17, 15) is 0 Å². The lowest BCUT2D eigenvalue weighted by Crippen LogP contribution is -2.45. The van der Waals surface area contributed by atoms with Gasteiger partial charge in [0.2, 0.25) is 5.95 Å². The van der Waals surface area contributed by atoms with Crippen LogP contribution in [0.15, 0.2) is 18.2 Å². The molecule has 1 aliphatic heterocycles. The number of hydrogen-bond acceptors (Lipinski definition) is 5. The van der Waals surface area contributed by atoms with Crippen LogP contribution in [0.3, 0.4) is 0 Å². The molecule has 0 radical (unpaired) electrons. The smallest absolute Gasteiger partial charge is 0.222 e. The Kier molecular flexibility index (Phi) is 3.20. The summed E-state index contributed by atoms with van der Waals surface area (Å²) in [5, 5.41) is 0.727. The standard InChI is InChI=1S/C16H18ClN5/c1-21-4-6-22(7-5-21)15-13-8-10-2-3-11(17)9-12(10)14(13)19-16(18)20-15/h2-3,9H,4-8H2,1H3,(H2,18,19,20). The summed E-state index contributed by atoms with van der Waals surface area (Å²) in [6.07, 6.45) is 0.851. The van der Waals surface area contributed by atoms with Crippen molar-refractivity contribution in [2.45, 2.75) is 6.42 Å². The van der Waals surface area contributed by atoms with Crippen molar-refractivity contribution in [3.63, 3.8) is 0 Å². The number of rotatable bonds is 1. The SMILES string of the molecule is CN1CCN(c2nc(N)nc3c2Cc2ccc(Cl)cc2-3)CC1. The lowest BCUT2D eigenvalue weighted by atomic mass is 10.1. The molecule has 1 fully saturated rings. The Bertz CT molecular complexity index is 738. The van der Waals surface area contributed by atoms with E-state index in [-0.39, 0.29) is 0 Å². The van der Waals surface area contributed by atoms with E-state index in [1.807, 2.05) is 12.1 Å². The molecule has 1 aromatic heterocycles. The molecule has 2 N–H and O–H groups in total. The molecule has 1 aromatic carbocycles. The number of nitrogens with two attached hydrogens (primary N) is 1. The van der Waals surface area contributed by atoms with Crippen molar-refractivity contribution in [1.82, 2.24) is 14.9 Å². The number of benzene rings is 1. The lowest BCUT2D eigenvalue weighted by Gasteiger charge is -2.34. The number of likely N-dealkylation sites (N-methyl/N-ethyl adjacent to an activating group) is 1. The van der Waals surface area contributed by atoms with Crippen LogP contribution in [0.4, 0.5) is 11.8 Å². The van der Waals surface area contributed by atoms with Gasteiger partial charge in [-0.2, -0.15) is 4.98 Å². The third-order valence-electron chi connectivity index (χ3n) is 4.50. The van der Waals surface area contributed by atoms with Gasteiger partial charge in [-0.3, -0.25) is 0 Å². The van der Waals surface area contributed by atoms with Crippen LogP contribution in [0.5, 0.6) is 0 Å². The summed E-state index contributed by atoms with van der Waals surface area (Å²) in [6.45, 7) is 4.02. The Labute approximate surface area is 134 Å². The number of piperazine rings is 1. The van der Waals surface area contributed by atoms with Crippen molar-refractivity contribution in [3.05, 3.63) is 34.3 Å². The van der Waals surface area contributed by atoms with Crippen molar-refractivity contribution in [3.8, 4) is 11.3 Å². The third-order valence-corrected chi connectivity index (χ3v) is 4.73. The Morgan fingerprint density at radius 3 is 2.68 bits per heavy atom. The molecule has 0 saturated carbocycles. The zero-order valence-electron chi connectivity index (χ0n) is 12.5. The molecule has 22 heavy (non-hydrogen) atoms. The summed E-state index contributed by atoms with van der Waals surface area (Å²) in [6, 6.07) is 5.98. The minimum Gasteiger partial charge on any atom is -0.368 e. The van der Waals surface area contributed by atoms with Gasteiger partial charge in [0.25, 0.3) is 0 Å². The molecule has 2 aromatic rings. The molecular weight excluding hydrogens is 298 g/mol. The van der Waals surface area contributed by atoms with E-state index in [1.165, 1.54) is 11.1 Å².